The average Bonchev–Trinajstić information content (AvgIpc) is 3.49. The third-order valence-corrected chi connectivity index (χ3v) is 5.60. The van der Waals surface area contributed by atoms with Gasteiger partial charge in [0.05, 0.1) is 23.8 Å². The van der Waals surface area contributed by atoms with Crippen LogP contribution in [0, 0.1) is 0 Å². The molecule has 1 aliphatic heterocycles. The van der Waals surface area contributed by atoms with Gasteiger partial charge in [-0.2, -0.15) is 4.98 Å². The number of allylic oxidation sites excluding steroid dienone is 1. The van der Waals surface area contributed by atoms with E-state index >= 15 is 0 Å². The predicted octanol–water partition coefficient (Wildman–Crippen LogP) is 1.70. The monoisotopic (exact) mass is 466 g/mol. The molecule has 34 heavy (non-hydrogen) atoms. The van der Waals surface area contributed by atoms with E-state index in [1.54, 1.807) is 31.3 Å². The Kier molecular flexibility index (Phi) is 6.87. The van der Waals surface area contributed by atoms with Crippen LogP contribution in [-0.4, -0.2) is 51.5 Å². The molecular weight excluding hydrogens is 436 g/mol. The topological polar surface area (TPSA) is 158 Å². The van der Waals surface area contributed by atoms with Gasteiger partial charge in [0.15, 0.2) is 5.82 Å². The summed E-state index contributed by atoms with van der Waals surface area (Å²) in [6, 6.07) is 3.75. The molecule has 0 aliphatic carbocycles. The van der Waals surface area contributed by atoms with Crippen LogP contribution in [0.25, 0.3) is 11.1 Å². The SMILES string of the molecule is C=C(N)/N=C\C(=C/N)c1ccc(C(C)(C)c2noc(C3=CN(C(C)(C)C(=O)OC)NC3)n2)cn1. The van der Waals surface area contributed by atoms with Crippen LogP contribution in [0.4, 0.5) is 0 Å². The molecule has 0 unspecified atom stereocenters. The number of pyridine rings is 1. The summed E-state index contributed by atoms with van der Waals surface area (Å²) < 4.78 is 10.4. The number of carbonyl (C=O) groups excluding carboxylic acids is 1. The van der Waals surface area contributed by atoms with Crippen molar-refractivity contribution in [3.63, 3.8) is 0 Å². The lowest BCUT2D eigenvalue weighted by atomic mass is 9.84. The molecule has 0 fully saturated rings. The zero-order chi connectivity index (χ0) is 25.1. The summed E-state index contributed by atoms with van der Waals surface area (Å²) in [7, 11) is 1.36. The number of esters is 1. The standard InChI is InChI=1S/C23H30N8O3/c1-14(25)26-10-15(9-24)18-8-7-17(12-27-18)22(2,3)20-29-19(34-30-20)16-11-28-31(13-16)23(4,5)21(32)33-6/h7-10,12-13,28H,1,11,24-25H2,2-6H3/b15-9+,26-10-. The van der Waals surface area contributed by atoms with Crippen molar-refractivity contribution >= 4 is 23.3 Å². The van der Waals surface area contributed by atoms with E-state index in [9.17, 15) is 4.79 Å². The van der Waals surface area contributed by atoms with Gasteiger partial charge in [-0.1, -0.05) is 17.8 Å². The molecule has 11 nitrogen and oxygen atoms in total. The number of rotatable bonds is 8. The highest BCUT2D eigenvalue weighted by atomic mass is 16.5. The molecule has 0 atom stereocenters. The van der Waals surface area contributed by atoms with Crippen molar-refractivity contribution < 1.29 is 14.1 Å². The van der Waals surface area contributed by atoms with Crippen LogP contribution in [0.3, 0.4) is 0 Å². The van der Waals surface area contributed by atoms with Crippen molar-refractivity contribution in [1.29, 1.82) is 0 Å². The van der Waals surface area contributed by atoms with Gasteiger partial charge in [0.25, 0.3) is 5.89 Å². The molecule has 0 radical (unpaired) electrons. The molecule has 0 aromatic carbocycles. The molecule has 1 aliphatic rings. The van der Waals surface area contributed by atoms with Crippen LogP contribution < -0.4 is 16.9 Å². The number of hydrazine groups is 1. The predicted molar refractivity (Wildman–Crippen MR) is 129 cm³/mol. The minimum atomic E-state index is -0.898. The van der Waals surface area contributed by atoms with Crippen molar-refractivity contribution in [2.24, 2.45) is 16.5 Å². The zero-order valence-electron chi connectivity index (χ0n) is 20.0. The second-order valence-corrected chi connectivity index (χ2v) is 8.76. The molecule has 5 N–H and O–H groups in total. The van der Waals surface area contributed by atoms with Crippen LogP contribution in [0.15, 0.2) is 52.6 Å². The van der Waals surface area contributed by atoms with Gasteiger partial charge in [0, 0.05) is 36.9 Å². The highest BCUT2D eigenvalue weighted by Gasteiger charge is 2.38. The Labute approximate surface area is 198 Å². The largest absolute Gasteiger partial charge is 0.467 e. The number of nitrogens with zero attached hydrogens (tertiary/aromatic N) is 5. The van der Waals surface area contributed by atoms with Crippen LogP contribution in [0.1, 0.15) is 50.7 Å². The highest BCUT2D eigenvalue weighted by Crippen LogP contribution is 2.31. The number of aliphatic imine (C=N–C) groups is 1. The molecular formula is C23H30N8O3. The maximum absolute atomic E-state index is 12.1. The molecule has 3 rings (SSSR count). The number of hydrogen-bond acceptors (Lipinski definition) is 11. The fourth-order valence-electron chi connectivity index (χ4n) is 3.27. The summed E-state index contributed by atoms with van der Waals surface area (Å²) in [6.07, 6.45) is 6.42. The first-order valence-electron chi connectivity index (χ1n) is 10.5. The lowest BCUT2D eigenvalue weighted by molar-refractivity contribution is -0.152. The summed E-state index contributed by atoms with van der Waals surface area (Å²) in [5, 5.41) is 5.88. The molecule has 2 aromatic heterocycles. The van der Waals surface area contributed by atoms with Crippen molar-refractivity contribution in [2.45, 2.75) is 38.6 Å². The normalized spacial score (nSPS) is 15.0. The molecule has 0 spiro atoms. The van der Waals surface area contributed by atoms with Gasteiger partial charge in [-0.25, -0.2) is 15.2 Å². The third-order valence-electron chi connectivity index (χ3n) is 5.60. The second kappa shape index (κ2) is 9.48. The minimum absolute atomic E-state index is 0.176. The van der Waals surface area contributed by atoms with E-state index in [1.165, 1.54) is 19.5 Å². The fourth-order valence-corrected chi connectivity index (χ4v) is 3.27. The first-order chi connectivity index (χ1) is 16.0. The molecule has 11 heteroatoms. The first-order valence-corrected chi connectivity index (χ1v) is 10.5. The zero-order valence-corrected chi connectivity index (χ0v) is 20.0. The Hall–Kier alpha value is -3.99. The van der Waals surface area contributed by atoms with E-state index in [-0.39, 0.29) is 11.8 Å². The Bertz CT molecular complexity index is 1160. The van der Waals surface area contributed by atoms with Crippen molar-refractivity contribution in [2.75, 3.05) is 13.7 Å². The van der Waals surface area contributed by atoms with Gasteiger partial charge in [-0.05, 0) is 39.3 Å². The highest BCUT2D eigenvalue weighted by molar-refractivity contribution is 6.09. The number of hydrogen-bond donors (Lipinski definition) is 3. The Morgan fingerprint density at radius 1 is 1.35 bits per heavy atom. The quantitative estimate of drug-likeness (QED) is 0.386. The molecule has 0 bridgehead atoms. The van der Waals surface area contributed by atoms with Crippen LogP contribution in [-0.2, 0) is 14.9 Å². The Morgan fingerprint density at radius 3 is 2.68 bits per heavy atom. The summed E-state index contributed by atoms with van der Waals surface area (Å²) in [5.74, 6) is 0.677. The van der Waals surface area contributed by atoms with Crippen LogP contribution >= 0.6 is 0 Å². The fraction of sp³-hybridized carbons (Fsp3) is 0.348. The maximum atomic E-state index is 12.1. The summed E-state index contributed by atoms with van der Waals surface area (Å²) in [6.45, 7) is 11.4. The van der Waals surface area contributed by atoms with E-state index in [0.717, 1.165) is 11.1 Å². The Morgan fingerprint density at radius 2 is 2.09 bits per heavy atom. The molecule has 180 valence electrons. The van der Waals surface area contributed by atoms with E-state index in [2.05, 4.69) is 32.1 Å². The third kappa shape index (κ3) is 4.84. The number of carbonyl (C=O) groups is 1. The van der Waals surface area contributed by atoms with Crippen molar-refractivity contribution in [3.05, 3.63) is 66.1 Å². The lowest BCUT2D eigenvalue weighted by Gasteiger charge is -2.32. The summed E-state index contributed by atoms with van der Waals surface area (Å²) in [4.78, 5) is 25.2. The Balaban J connectivity index is 1.81. The maximum Gasteiger partial charge on any atom is 0.332 e. The minimum Gasteiger partial charge on any atom is -0.467 e. The van der Waals surface area contributed by atoms with Crippen LogP contribution in [0.2, 0.25) is 0 Å². The van der Waals surface area contributed by atoms with Gasteiger partial charge < -0.3 is 20.7 Å². The number of methoxy groups -OCH3 is 1. The number of ether oxygens (including phenoxy) is 1. The first kappa shape index (κ1) is 24.6. The molecule has 2 aromatic rings. The molecule has 0 saturated carbocycles. The molecule has 0 amide bonds. The van der Waals surface area contributed by atoms with Gasteiger partial charge in [0.1, 0.15) is 11.4 Å². The molecule has 0 saturated heterocycles. The number of nitrogens with two attached hydrogens (primary N) is 2. The lowest BCUT2D eigenvalue weighted by Crippen LogP contribution is -2.52. The van der Waals surface area contributed by atoms with Crippen LogP contribution in [0.5, 0.6) is 0 Å². The van der Waals surface area contributed by atoms with Crippen molar-refractivity contribution in [1.82, 2.24) is 25.6 Å². The van der Waals surface area contributed by atoms with E-state index in [0.29, 0.717) is 29.5 Å². The van der Waals surface area contributed by atoms with E-state index in [4.69, 9.17) is 20.7 Å². The van der Waals surface area contributed by atoms with E-state index < -0.39 is 11.0 Å². The summed E-state index contributed by atoms with van der Waals surface area (Å²) >= 11 is 0. The summed E-state index contributed by atoms with van der Waals surface area (Å²) in [5.41, 5.74) is 15.7. The van der Waals surface area contributed by atoms with Gasteiger partial charge >= 0.3 is 5.97 Å². The van der Waals surface area contributed by atoms with Gasteiger partial charge in [-0.15, -0.1) is 0 Å². The van der Waals surface area contributed by atoms with Gasteiger partial charge in [0.2, 0.25) is 0 Å². The second-order valence-electron chi connectivity index (χ2n) is 8.76. The van der Waals surface area contributed by atoms with E-state index in [1.807, 2.05) is 26.0 Å². The smallest absolute Gasteiger partial charge is 0.332 e. The van der Waals surface area contributed by atoms with Crippen molar-refractivity contribution in [3.8, 4) is 0 Å². The number of aromatic nitrogens is 3. The number of nitrogens with one attached hydrogen (secondary N) is 1. The molecule has 3 heterocycles. The average molecular weight is 467 g/mol. The van der Waals surface area contributed by atoms with Gasteiger partial charge in [-0.3, -0.25) is 9.99 Å².